The summed E-state index contributed by atoms with van der Waals surface area (Å²) in [5.74, 6) is 0.855. The van der Waals surface area contributed by atoms with Gasteiger partial charge in [0.05, 0.1) is 6.61 Å². The Balaban J connectivity index is 0.00000205. The number of fused-ring (bicyclic) bond motifs is 2. The van der Waals surface area contributed by atoms with Gasteiger partial charge in [0.1, 0.15) is 31.4 Å². The molecule has 3 fully saturated rings. The predicted molar refractivity (Wildman–Crippen MR) is 101 cm³/mol. The monoisotopic (exact) mass is 450 g/mol. The van der Waals surface area contributed by atoms with Crippen LogP contribution in [0, 0.1) is 0 Å². The van der Waals surface area contributed by atoms with E-state index in [9.17, 15) is 10.00 Å². The van der Waals surface area contributed by atoms with Crippen molar-refractivity contribution in [3.8, 4) is 0 Å². The molecule has 5 rings (SSSR count). The zero-order valence-corrected chi connectivity index (χ0v) is 19.6. The first-order chi connectivity index (χ1) is 13.4. The fraction of sp³-hybridized carbons (Fsp3) is 0.667. The van der Waals surface area contributed by atoms with Gasteiger partial charge < -0.3 is 34.4 Å². The van der Waals surface area contributed by atoms with E-state index in [1.807, 2.05) is 0 Å². The molecule has 1 unspecified atom stereocenters. The van der Waals surface area contributed by atoms with Crippen LogP contribution in [0.1, 0.15) is 25.5 Å². The number of rotatable bonds is 2. The van der Waals surface area contributed by atoms with E-state index < -0.39 is 31.3 Å². The molecule has 0 radical (unpaired) electrons. The summed E-state index contributed by atoms with van der Waals surface area (Å²) in [6.07, 6.45) is 1.15. The van der Waals surface area contributed by atoms with Crippen LogP contribution in [0.25, 0.3) is 11.2 Å². The normalized spacial score (nSPS) is 34.8. The molecule has 0 aliphatic carbocycles. The van der Waals surface area contributed by atoms with Gasteiger partial charge in [-0.3, -0.25) is 4.57 Å². The number of nitrogens with two attached hydrogens (primary N) is 1. The topological polar surface area (TPSA) is 144 Å². The Hall–Kier alpha value is -0.400. The van der Waals surface area contributed by atoms with Crippen LogP contribution in [0.4, 0.5) is 11.8 Å². The first-order valence-electron chi connectivity index (χ1n) is 9.15. The van der Waals surface area contributed by atoms with Crippen LogP contribution in [0.15, 0.2) is 6.33 Å². The average molecular weight is 450 g/mol. The summed E-state index contributed by atoms with van der Waals surface area (Å²) in [5, 5.41) is 10.9. The molecule has 11 nitrogen and oxygen atoms in total. The van der Waals surface area contributed by atoms with Gasteiger partial charge in [-0.05, 0) is 19.3 Å². The predicted octanol–water partition coefficient (Wildman–Crippen LogP) is -3.34. The third kappa shape index (κ3) is 3.84. The largest absolute Gasteiger partial charge is 1.00 e. The molecule has 5 heterocycles. The molecular weight excluding hydrogens is 430 g/mol. The van der Waals surface area contributed by atoms with Gasteiger partial charge in [-0.25, -0.2) is 15.0 Å². The third-order valence-corrected chi connectivity index (χ3v) is 6.88. The fourth-order valence-corrected chi connectivity index (χ4v) is 5.44. The minimum Gasteiger partial charge on any atom is -0.780 e. The number of nitrogen functional groups attached to an aromatic ring is 1. The Morgan fingerprint density at radius 3 is 2.79 bits per heavy atom. The summed E-state index contributed by atoms with van der Waals surface area (Å²) < 4.78 is 18.1. The molecule has 29 heavy (non-hydrogen) atoms. The van der Waals surface area contributed by atoms with E-state index >= 15 is 0 Å². The fourth-order valence-electron chi connectivity index (χ4n) is 4.01. The molecule has 152 valence electrons. The maximum absolute atomic E-state index is 12.0. The minimum atomic E-state index is -3.63. The van der Waals surface area contributed by atoms with Gasteiger partial charge >= 0.3 is 29.6 Å². The SMILES string of the molecule is Nc1ncnc2c1nc(N1CCCCC1)n2[C@@H]1O[C@@H]2COP([O-])(=S)O[C@@H]2[C@H]1O.[Na+]. The maximum atomic E-state index is 12.0. The second-order valence-corrected chi connectivity index (χ2v) is 9.83. The van der Waals surface area contributed by atoms with Crippen LogP contribution in [0.5, 0.6) is 0 Å². The summed E-state index contributed by atoms with van der Waals surface area (Å²) in [7, 11) is 0. The van der Waals surface area contributed by atoms with Gasteiger partial charge in [-0.1, -0.05) is 11.8 Å². The summed E-state index contributed by atoms with van der Waals surface area (Å²) in [6.45, 7) is -1.99. The molecule has 3 N–H and O–H groups in total. The molecule has 0 aromatic carbocycles. The Morgan fingerprint density at radius 1 is 1.28 bits per heavy atom. The van der Waals surface area contributed by atoms with E-state index in [1.54, 1.807) is 4.57 Å². The molecular formula is C15H20N6NaO5PS. The van der Waals surface area contributed by atoms with Crippen LogP contribution >= 0.6 is 6.72 Å². The van der Waals surface area contributed by atoms with Crippen LogP contribution in [-0.4, -0.2) is 62.6 Å². The number of piperidine rings is 1. The molecule has 2 aromatic heterocycles. The molecule has 0 spiro atoms. The van der Waals surface area contributed by atoms with E-state index in [2.05, 4.69) is 19.9 Å². The van der Waals surface area contributed by atoms with Crippen LogP contribution in [0.3, 0.4) is 0 Å². The van der Waals surface area contributed by atoms with Gasteiger partial charge in [0.15, 0.2) is 23.2 Å². The van der Waals surface area contributed by atoms with Crippen molar-refractivity contribution in [3.63, 3.8) is 0 Å². The number of ether oxygens (including phenoxy) is 1. The molecule has 2 aromatic rings. The molecule has 14 heteroatoms. The van der Waals surface area contributed by atoms with Crippen LogP contribution in [-0.2, 0) is 25.6 Å². The number of aromatic nitrogens is 4. The standard InChI is InChI=1S/C15H21N6O5PS.Na/c16-12-9-13(18-7-17-12)21(15(19-9)20-4-2-1-3-5-20)14-10(22)11-8(25-14)6-24-27(23,28)26-11;/h7-8,10-11,14,22H,1-6H2,(H,23,28)(H2,16,17,18);/q;+1/p-1/t8-,10-,11+,14-,27?;/m1./s1. The van der Waals surface area contributed by atoms with Gasteiger partial charge in [0.2, 0.25) is 5.95 Å². The van der Waals surface area contributed by atoms with Crippen molar-refractivity contribution in [1.82, 2.24) is 19.5 Å². The molecule has 0 amide bonds. The first-order valence-corrected chi connectivity index (χ1v) is 11.7. The molecule has 0 bridgehead atoms. The number of hydrogen-bond acceptors (Lipinski definition) is 11. The van der Waals surface area contributed by atoms with E-state index in [0.717, 1.165) is 32.4 Å². The van der Waals surface area contributed by atoms with Gasteiger partial charge in [-0.15, -0.1) is 0 Å². The minimum absolute atomic E-state index is 0. The second kappa shape index (κ2) is 8.27. The van der Waals surface area contributed by atoms with E-state index in [0.29, 0.717) is 17.1 Å². The summed E-state index contributed by atoms with van der Waals surface area (Å²) >= 11 is 4.81. The molecule has 3 aliphatic rings. The quantitative estimate of drug-likeness (QED) is 0.350. The Kier molecular flexibility index (Phi) is 6.22. The summed E-state index contributed by atoms with van der Waals surface area (Å²) in [4.78, 5) is 27.2. The van der Waals surface area contributed by atoms with Crippen molar-refractivity contribution in [2.45, 2.75) is 43.8 Å². The van der Waals surface area contributed by atoms with Gasteiger partial charge in [0, 0.05) is 13.1 Å². The Bertz CT molecular complexity index is 959. The number of nitrogens with zero attached hydrogens (tertiary/aromatic N) is 5. The van der Waals surface area contributed by atoms with E-state index in [4.69, 9.17) is 31.3 Å². The molecule has 5 atom stereocenters. The second-order valence-electron chi connectivity index (χ2n) is 7.13. The number of aliphatic hydroxyl groups excluding tert-OH is 1. The van der Waals surface area contributed by atoms with E-state index in [1.165, 1.54) is 6.33 Å². The number of imidazole rings is 1. The average Bonchev–Trinajstić information content (AvgIpc) is 3.21. The first kappa shape index (κ1) is 21.8. The number of aliphatic hydroxyl groups is 1. The summed E-state index contributed by atoms with van der Waals surface area (Å²) in [5.41, 5.74) is 6.91. The molecule has 0 saturated carbocycles. The van der Waals surface area contributed by atoms with Crippen molar-refractivity contribution >= 4 is 41.5 Å². The smallest absolute Gasteiger partial charge is 0.780 e. The zero-order valence-electron chi connectivity index (χ0n) is 15.9. The molecule has 3 aliphatic heterocycles. The van der Waals surface area contributed by atoms with Crippen LogP contribution in [0.2, 0.25) is 0 Å². The van der Waals surface area contributed by atoms with Crippen molar-refractivity contribution in [2.75, 3.05) is 30.3 Å². The van der Waals surface area contributed by atoms with E-state index in [-0.39, 0.29) is 42.0 Å². The van der Waals surface area contributed by atoms with Crippen molar-refractivity contribution in [2.24, 2.45) is 0 Å². The maximum Gasteiger partial charge on any atom is 1.00 e. The zero-order chi connectivity index (χ0) is 19.5. The van der Waals surface area contributed by atoms with Gasteiger partial charge in [0.25, 0.3) is 0 Å². The van der Waals surface area contributed by atoms with Gasteiger partial charge in [-0.2, -0.15) is 0 Å². The summed E-state index contributed by atoms with van der Waals surface area (Å²) in [6, 6.07) is 0. The van der Waals surface area contributed by atoms with Crippen molar-refractivity contribution in [3.05, 3.63) is 6.33 Å². The molecule has 3 saturated heterocycles. The number of anilines is 2. The number of hydrogen-bond donors (Lipinski definition) is 2. The Morgan fingerprint density at radius 2 is 2.03 bits per heavy atom. The van der Waals surface area contributed by atoms with Crippen molar-refractivity contribution in [1.29, 1.82) is 0 Å². The van der Waals surface area contributed by atoms with Crippen molar-refractivity contribution < 1.29 is 53.3 Å². The Labute approximate surface area is 194 Å². The third-order valence-electron chi connectivity index (χ3n) is 5.34. The van der Waals surface area contributed by atoms with Crippen LogP contribution < -0.4 is 45.1 Å².